The molecule has 0 atom stereocenters. The van der Waals surface area contributed by atoms with Crippen molar-refractivity contribution in [1.82, 2.24) is 5.32 Å². The van der Waals surface area contributed by atoms with Gasteiger partial charge in [0.1, 0.15) is 12.4 Å². The molecule has 0 fully saturated rings. The highest BCUT2D eigenvalue weighted by atomic mass is 16.5. The maximum atomic E-state index is 12.1. The Balaban J connectivity index is 1.44. The predicted octanol–water partition coefficient (Wildman–Crippen LogP) is 4.50. The van der Waals surface area contributed by atoms with Crippen LogP contribution in [0.4, 0.5) is 10.5 Å². The van der Waals surface area contributed by atoms with Crippen LogP contribution in [0.25, 0.3) is 0 Å². The third kappa shape index (κ3) is 4.53. The van der Waals surface area contributed by atoms with Gasteiger partial charge < -0.3 is 15.4 Å². The number of para-hydroxylation sites is 1. The van der Waals surface area contributed by atoms with E-state index in [4.69, 9.17) is 4.74 Å². The number of rotatable bonds is 6. The number of amides is 2. The Bertz CT molecular complexity index is 740. The zero-order valence-corrected chi connectivity index (χ0v) is 15.0. The first-order valence-corrected chi connectivity index (χ1v) is 9.02. The maximum absolute atomic E-state index is 12.1. The van der Waals surface area contributed by atoms with E-state index >= 15 is 0 Å². The number of hydrogen-bond donors (Lipinski definition) is 2. The molecule has 0 bridgehead atoms. The molecule has 0 unspecified atom stereocenters. The Morgan fingerprint density at radius 1 is 1.12 bits per heavy atom. The normalized spacial score (nSPS) is 12.8. The van der Waals surface area contributed by atoms with Crippen LogP contribution in [0.3, 0.4) is 0 Å². The summed E-state index contributed by atoms with van der Waals surface area (Å²) in [6.45, 7) is 5.15. The van der Waals surface area contributed by atoms with Crippen molar-refractivity contribution in [3.05, 3.63) is 59.2 Å². The van der Waals surface area contributed by atoms with Gasteiger partial charge in [-0.25, -0.2) is 4.79 Å². The van der Waals surface area contributed by atoms with Gasteiger partial charge in [0.15, 0.2) is 0 Å². The van der Waals surface area contributed by atoms with Crippen LogP contribution in [0, 0.1) is 0 Å². The molecule has 4 heteroatoms. The Hall–Kier alpha value is -2.49. The summed E-state index contributed by atoms with van der Waals surface area (Å²) in [7, 11) is 0. The van der Waals surface area contributed by atoms with E-state index in [1.54, 1.807) is 0 Å². The fourth-order valence-corrected chi connectivity index (χ4v) is 3.25. The molecule has 0 heterocycles. The first kappa shape index (κ1) is 17.3. The summed E-state index contributed by atoms with van der Waals surface area (Å²) in [6, 6.07) is 14.0. The first-order chi connectivity index (χ1) is 12.1. The van der Waals surface area contributed by atoms with E-state index in [0.29, 0.717) is 19.1 Å². The quantitative estimate of drug-likeness (QED) is 0.762. The summed E-state index contributed by atoms with van der Waals surface area (Å²) >= 11 is 0. The highest BCUT2D eigenvalue weighted by molar-refractivity contribution is 5.90. The molecule has 0 saturated heterocycles. The second-order valence-corrected chi connectivity index (χ2v) is 6.76. The number of urea groups is 1. The molecule has 1 aliphatic carbocycles. The third-order valence-corrected chi connectivity index (χ3v) is 4.56. The summed E-state index contributed by atoms with van der Waals surface area (Å²) in [5.74, 6) is 1.24. The summed E-state index contributed by atoms with van der Waals surface area (Å²) in [4.78, 5) is 12.1. The van der Waals surface area contributed by atoms with Crippen molar-refractivity contribution in [2.24, 2.45) is 0 Å². The zero-order chi connectivity index (χ0) is 17.6. The summed E-state index contributed by atoms with van der Waals surface area (Å²) in [5.41, 5.74) is 4.82. The van der Waals surface area contributed by atoms with Crippen LogP contribution in [0.15, 0.2) is 42.5 Å². The molecule has 3 rings (SSSR count). The van der Waals surface area contributed by atoms with Crippen molar-refractivity contribution < 1.29 is 9.53 Å². The number of ether oxygens (including phenoxy) is 1. The van der Waals surface area contributed by atoms with Crippen LogP contribution in [0.1, 0.15) is 42.9 Å². The van der Waals surface area contributed by atoms with Crippen molar-refractivity contribution in [1.29, 1.82) is 0 Å². The SMILES string of the molecule is CC(C)c1ccccc1NC(=O)NCCOc1ccc2c(c1)CCC2. The summed E-state index contributed by atoms with van der Waals surface area (Å²) in [5, 5.41) is 5.76. The van der Waals surface area contributed by atoms with Crippen molar-refractivity contribution >= 4 is 11.7 Å². The molecule has 2 aromatic carbocycles. The molecule has 132 valence electrons. The van der Waals surface area contributed by atoms with Crippen molar-refractivity contribution in [3.63, 3.8) is 0 Å². The topological polar surface area (TPSA) is 50.4 Å². The molecule has 0 saturated carbocycles. The Morgan fingerprint density at radius 3 is 2.76 bits per heavy atom. The minimum atomic E-state index is -0.203. The number of hydrogen-bond acceptors (Lipinski definition) is 2. The van der Waals surface area contributed by atoms with E-state index < -0.39 is 0 Å². The van der Waals surface area contributed by atoms with Crippen LogP contribution in [-0.2, 0) is 12.8 Å². The van der Waals surface area contributed by atoms with E-state index in [1.165, 1.54) is 24.0 Å². The Labute approximate surface area is 149 Å². The molecule has 2 N–H and O–H groups in total. The number of benzene rings is 2. The van der Waals surface area contributed by atoms with E-state index in [1.807, 2.05) is 30.3 Å². The fourth-order valence-electron chi connectivity index (χ4n) is 3.25. The van der Waals surface area contributed by atoms with Crippen molar-refractivity contribution in [3.8, 4) is 5.75 Å². The smallest absolute Gasteiger partial charge is 0.319 e. The van der Waals surface area contributed by atoms with Gasteiger partial charge in [0, 0.05) is 5.69 Å². The predicted molar refractivity (Wildman–Crippen MR) is 102 cm³/mol. The number of carbonyl (C=O) groups is 1. The Kier molecular flexibility index (Phi) is 5.59. The molecular weight excluding hydrogens is 312 g/mol. The average Bonchev–Trinajstić information content (AvgIpc) is 3.07. The van der Waals surface area contributed by atoms with Crippen molar-refractivity contribution in [2.45, 2.75) is 39.0 Å². The first-order valence-electron chi connectivity index (χ1n) is 9.02. The van der Waals surface area contributed by atoms with Gasteiger partial charge in [0.2, 0.25) is 0 Å². The van der Waals surface area contributed by atoms with Crippen LogP contribution in [0.2, 0.25) is 0 Å². The average molecular weight is 338 g/mol. The van der Waals surface area contributed by atoms with E-state index in [9.17, 15) is 4.79 Å². The highest BCUT2D eigenvalue weighted by Crippen LogP contribution is 2.26. The monoisotopic (exact) mass is 338 g/mol. The lowest BCUT2D eigenvalue weighted by Gasteiger charge is -2.14. The molecule has 1 aliphatic rings. The minimum Gasteiger partial charge on any atom is -0.492 e. The van der Waals surface area contributed by atoms with Gasteiger partial charge in [-0.2, -0.15) is 0 Å². The van der Waals surface area contributed by atoms with E-state index in [0.717, 1.165) is 23.4 Å². The van der Waals surface area contributed by atoms with Crippen molar-refractivity contribution in [2.75, 3.05) is 18.5 Å². The molecular formula is C21H26N2O2. The number of anilines is 1. The molecule has 2 aromatic rings. The lowest BCUT2D eigenvalue weighted by atomic mass is 10.0. The lowest BCUT2D eigenvalue weighted by Crippen LogP contribution is -2.32. The van der Waals surface area contributed by atoms with Crippen LogP contribution in [0.5, 0.6) is 5.75 Å². The Morgan fingerprint density at radius 2 is 1.92 bits per heavy atom. The second kappa shape index (κ2) is 8.06. The standard InChI is InChI=1S/C21H26N2O2/c1-15(2)19-8-3-4-9-20(19)23-21(24)22-12-13-25-18-11-10-16-6-5-7-17(16)14-18/h3-4,8-11,14-15H,5-7,12-13H2,1-2H3,(H2,22,23,24). The number of carbonyl (C=O) groups excluding carboxylic acids is 1. The molecule has 4 nitrogen and oxygen atoms in total. The minimum absolute atomic E-state index is 0.203. The number of fused-ring (bicyclic) bond motifs is 1. The third-order valence-electron chi connectivity index (χ3n) is 4.56. The number of nitrogens with one attached hydrogen (secondary N) is 2. The molecule has 0 aromatic heterocycles. The van der Waals surface area contributed by atoms with Gasteiger partial charge >= 0.3 is 6.03 Å². The van der Waals surface area contributed by atoms with Gasteiger partial charge in [-0.1, -0.05) is 38.1 Å². The van der Waals surface area contributed by atoms with Gasteiger partial charge in [-0.3, -0.25) is 0 Å². The fraction of sp³-hybridized carbons (Fsp3) is 0.381. The molecule has 0 aliphatic heterocycles. The molecule has 0 radical (unpaired) electrons. The van der Waals surface area contributed by atoms with Crippen LogP contribution in [-0.4, -0.2) is 19.2 Å². The highest BCUT2D eigenvalue weighted by Gasteiger charge is 2.11. The van der Waals surface area contributed by atoms with Crippen LogP contribution < -0.4 is 15.4 Å². The van der Waals surface area contributed by atoms with Gasteiger partial charge in [0.25, 0.3) is 0 Å². The van der Waals surface area contributed by atoms with Gasteiger partial charge in [-0.05, 0) is 60.1 Å². The van der Waals surface area contributed by atoms with E-state index in [-0.39, 0.29) is 6.03 Å². The van der Waals surface area contributed by atoms with E-state index in [2.05, 4.69) is 36.6 Å². The molecule has 2 amide bonds. The number of aryl methyl sites for hydroxylation is 2. The zero-order valence-electron chi connectivity index (χ0n) is 15.0. The molecule has 0 spiro atoms. The van der Waals surface area contributed by atoms with Crippen LogP contribution >= 0.6 is 0 Å². The molecule has 25 heavy (non-hydrogen) atoms. The van der Waals surface area contributed by atoms with Gasteiger partial charge in [-0.15, -0.1) is 0 Å². The largest absolute Gasteiger partial charge is 0.492 e. The second-order valence-electron chi connectivity index (χ2n) is 6.76. The van der Waals surface area contributed by atoms with Gasteiger partial charge in [0.05, 0.1) is 6.54 Å². The maximum Gasteiger partial charge on any atom is 0.319 e. The summed E-state index contributed by atoms with van der Waals surface area (Å²) in [6.07, 6.45) is 3.55. The lowest BCUT2D eigenvalue weighted by molar-refractivity contribution is 0.247. The summed E-state index contributed by atoms with van der Waals surface area (Å²) < 4.78 is 5.75.